The molecule has 2 amide bonds. The number of esters is 1. The van der Waals surface area contributed by atoms with Crippen LogP contribution in [0.3, 0.4) is 0 Å². The minimum absolute atomic E-state index is 0.309. The molecule has 0 radical (unpaired) electrons. The van der Waals surface area contributed by atoms with Crippen LogP contribution in [0.4, 0.5) is 16.2 Å². The Kier molecular flexibility index (Phi) is 5.27. The molecule has 2 aromatic carbocycles. The van der Waals surface area contributed by atoms with E-state index in [1.807, 2.05) is 19.1 Å². The first-order chi connectivity index (χ1) is 12.5. The molecule has 0 saturated carbocycles. The molecule has 3 rings (SSSR count). The van der Waals surface area contributed by atoms with Crippen molar-refractivity contribution in [2.45, 2.75) is 19.2 Å². The van der Waals surface area contributed by atoms with E-state index >= 15 is 0 Å². The summed E-state index contributed by atoms with van der Waals surface area (Å²) in [5.41, 5.74) is 2.68. The van der Waals surface area contributed by atoms with Gasteiger partial charge >= 0.3 is 5.97 Å². The lowest BCUT2D eigenvalue weighted by Gasteiger charge is -2.15. The van der Waals surface area contributed by atoms with Gasteiger partial charge in [-0.1, -0.05) is 17.7 Å². The minimum atomic E-state index is -0.711. The van der Waals surface area contributed by atoms with Crippen molar-refractivity contribution < 1.29 is 19.1 Å². The highest BCUT2D eigenvalue weighted by molar-refractivity contribution is 8.16. The Hall–Kier alpha value is -2.80. The number of anilines is 2. The van der Waals surface area contributed by atoms with Crippen LogP contribution in [0.25, 0.3) is 0 Å². The summed E-state index contributed by atoms with van der Waals surface area (Å²) < 4.78 is 4.93. The normalized spacial score (nSPS) is 16.7. The number of imide groups is 1. The fraction of sp³-hybridized carbons (Fsp3) is 0.211. The molecule has 2 aromatic rings. The van der Waals surface area contributed by atoms with E-state index in [9.17, 15) is 14.4 Å². The van der Waals surface area contributed by atoms with Gasteiger partial charge in [0.05, 0.1) is 17.9 Å². The van der Waals surface area contributed by atoms with E-state index in [1.54, 1.807) is 43.3 Å². The second kappa shape index (κ2) is 7.61. The largest absolute Gasteiger partial charge is 0.462 e. The molecule has 6 nitrogen and oxygen atoms in total. The van der Waals surface area contributed by atoms with Crippen molar-refractivity contribution in [2.24, 2.45) is 0 Å². The standard InChI is InChI=1S/C19H18N2O4S/c1-3-25-18(23)13-6-8-14(9-7-13)20-16-17(22)21(19(24)26-16)15-10-4-12(2)5-11-15/h4-11,16,20H,3H2,1-2H3. The lowest BCUT2D eigenvalue weighted by Crippen LogP contribution is -2.34. The zero-order chi connectivity index (χ0) is 18.7. The van der Waals surface area contributed by atoms with Gasteiger partial charge in [0.15, 0.2) is 5.37 Å². The number of hydrogen-bond acceptors (Lipinski definition) is 6. The highest BCUT2D eigenvalue weighted by atomic mass is 32.2. The maximum absolute atomic E-state index is 12.6. The van der Waals surface area contributed by atoms with E-state index in [4.69, 9.17) is 4.74 Å². The van der Waals surface area contributed by atoms with Crippen LogP contribution in [0.5, 0.6) is 0 Å². The Morgan fingerprint density at radius 3 is 2.38 bits per heavy atom. The minimum Gasteiger partial charge on any atom is -0.462 e. The molecule has 0 spiro atoms. The third kappa shape index (κ3) is 3.72. The number of hydrogen-bond donors (Lipinski definition) is 1. The molecule has 0 bridgehead atoms. The number of aryl methyl sites for hydroxylation is 1. The van der Waals surface area contributed by atoms with Gasteiger partial charge in [-0.25, -0.2) is 9.69 Å². The average Bonchev–Trinajstić information content (AvgIpc) is 2.90. The maximum Gasteiger partial charge on any atom is 0.338 e. The highest BCUT2D eigenvalue weighted by Crippen LogP contribution is 2.32. The van der Waals surface area contributed by atoms with E-state index in [1.165, 1.54) is 4.90 Å². The lowest BCUT2D eigenvalue weighted by atomic mass is 10.2. The van der Waals surface area contributed by atoms with Crippen LogP contribution in [-0.2, 0) is 9.53 Å². The third-order valence-electron chi connectivity index (χ3n) is 3.83. The van der Waals surface area contributed by atoms with E-state index in [0.717, 1.165) is 17.3 Å². The van der Waals surface area contributed by atoms with Crippen LogP contribution >= 0.6 is 11.8 Å². The number of ether oxygens (including phenoxy) is 1. The predicted molar refractivity (Wildman–Crippen MR) is 101 cm³/mol. The van der Waals surface area contributed by atoms with E-state index in [-0.39, 0.29) is 11.1 Å². The monoisotopic (exact) mass is 370 g/mol. The van der Waals surface area contributed by atoms with Crippen LogP contribution < -0.4 is 10.2 Å². The van der Waals surface area contributed by atoms with Gasteiger partial charge in [-0.3, -0.25) is 9.59 Å². The summed E-state index contributed by atoms with van der Waals surface area (Å²) in [6.45, 7) is 3.99. The Balaban J connectivity index is 1.71. The number of carbonyl (C=O) groups is 3. The zero-order valence-electron chi connectivity index (χ0n) is 14.4. The Bertz CT molecular complexity index is 834. The van der Waals surface area contributed by atoms with Crippen molar-refractivity contribution >= 4 is 40.3 Å². The summed E-state index contributed by atoms with van der Waals surface area (Å²) >= 11 is 0.929. The molecule has 1 atom stereocenters. The molecule has 1 saturated heterocycles. The van der Waals surface area contributed by atoms with E-state index in [2.05, 4.69) is 5.32 Å². The SMILES string of the molecule is CCOC(=O)c1ccc(NC2SC(=O)N(c3ccc(C)cc3)C2=O)cc1. The molecule has 0 aromatic heterocycles. The quantitative estimate of drug-likeness (QED) is 0.807. The first kappa shape index (κ1) is 18.0. The van der Waals surface area contributed by atoms with Crippen molar-refractivity contribution in [2.75, 3.05) is 16.8 Å². The van der Waals surface area contributed by atoms with Crippen molar-refractivity contribution in [3.8, 4) is 0 Å². The van der Waals surface area contributed by atoms with Gasteiger partial charge in [0, 0.05) is 5.69 Å². The number of nitrogens with zero attached hydrogens (tertiary/aromatic N) is 1. The molecule has 134 valence electrons. The number of carbonyl (C=O) groups excluding carboxylic acids is 3. The topological polar surface area (TPSA) is 75.7 Å². The zero-order valence-corrected chi connectivity index (χ0v) is 15.2. The number of rotatable bonds is 5. The number of amides is 2. The molecule has 1 aliphatic rings. The molecule has 1 aliphatic heterocycles. The molecular weight excluding hydrogens is 352 g/mol. The smallest absolute Gasteiger partial charge is 0.338 e. The predicted octanol–water partition coefficient (Wildman–Crippen LogP) is 3.81. The van der Waals surface area contributed by atoms with Gasteiger partial charge in [-0.2, -0.15) is 0 Å². The van der Waals surface area contributed by atoms with Crippen molar-refractivity contribution in [1.29, 1.82) is 0 Å². The summed E-state index contributed by atoms with van der Waals surface area (Å²) in [5, 5.41) is 2.00. The van der Waals surface area contributed by atoms with Gasteiger partial charge in [-0.15, -0.1) is 0 Å². The average molecular weight is 370 g/mol. The number of benzene rings is 2. The Morgan fingerprint density at radius 2 is 1.77 bits per heavy atom. The van der Waals surface area contributed by atoms with Gasteiger partial charge in [0.1, 0.15) is 0 Å². The molecule has 1 heterocycles. The van der Waals surface area contributed by atoms with E-state index in [0.29, 0.717) is 23.5 Å². The highest BCUT2D eigenvalue weighted by Gasteiger charge is 2.40. The van der Waals surface area contributed by atoms with Crippen molar-refractivity contribution in [3.63, 3.8) is 0 Å². The van der Waals surface area contributed by atoms with Crippen LogP contribution in [0.2, 0.25) is 0 Å². The van der Waals surface area contributed by atoms with Crippen LogP contribution in [0.15, 0.2) is 48.5 Å². The van der Waals surface area contributed by atoms with Crippen LogP contribution in [-0.4, -0.2) is 29.1 Å². The number of nitrogens with one attached hydrogen (secondary N) is 1. The number of thioether (sulfide) groups is 1. The molecule has 0 aliphatic carbocycles. The molecule has 1 fully saturated rings. The Labute approximate surface area is 155 Å². The lowest BCUT2D eigenvalue weighted by molar-refractivity contribution is -0.116. The fourth-order valence-corrected chi connectivity index (χ4v) is 3.40. The molecule has 1 unspecified atom stereocenters. The van der Waals surface area contributed by atoms with Gasteiger partial charge in [0.2, 0.25) is 0 Å². The van der Waals surface area contributed by atoms with Crippen molar-refractivity contribution in [1.82, 2.24) is 0 Å². The first-order valence-corrected chi connectivity index (χ1v) is 9.02. The summed E-state index contributed by atoms with van der Waals surface area (Å²) in [7, 11) is 0. The van der Waals surface area contributed by atoms with E-state index < -0.39 is 11.3 Å². The summed E-state index contributed by atoms with van der Waals surface area (Å²) in [4.78, 5) is 37.7. The van der Waals surface area contributed by atoms with Crippen LogP contribution in [0, 0.1) is 6.92 Å². The van der Waals surface area contributed by atoms with Crippen LogP contribution in [0.1, 0.15) is 22.8 Å². The summed E-state index contributed by atoms with van der Waals surface area (Å²) in [5.74, 6) is -0.718. The molecule has 26 heavy (non-hydrogen) atoms. The van der Waals surface area contributed by atoms with Gasteiger partial charge in [0.25, 0.3) is 11.1 Å². The summed E-state index contributed by atoms with van der Waals surface area (Å²) in [6.07, 6.45) is 0. The molecule has 7 heteroatoms. The van der Waals surface area contributed by atoms with Gasteiger partial charge in [-0.05, 0) is 62.0 Å². The van der Waals surface area contributed by atoms with Gasteiger partial charge < -0.3 is 10.1 Å². The first-order valence-electron chi connectivity index (χ1n) is 8.14. The third-order valence-corrected chi connectivity index (χ3v) is 4.77. The maximum atomic E-state index is 12.6. The molecular formula is C19H18N2O4S. The second-order valence-electron chi connectivity index (χ2n) is 5.72. The fourth-order valence-electron chi connectivity index (χ4n) is 2.50. The van der Waals surface area contributed by atoms with Crippen molar-refractivity contribution in [3.05, 3.63) is 59.7 Å². The Morgan fingerprint density at radius 1 is 1.12 bits per heavy atom. The molecule has 1 N–H and O–H groups in total. The second-order valence-corrected chi connectivity index (χ2v) is 6.77. The summed E-state index contributed by atoms with van der Waals surface area (Å²) in [6, 6.07) is 13.8.